The van der Waals surface area contributed by atoms with Crippen molar-refractivity contribution in [2.45, 2.75) is 13.3 Å². The van der Waals surface area contributed by atoms with Crippen molar-refractivity contribution >= 4 is 52.3 Å². The number of carbonyl (C=O) groups excluding carboxylic acids is 2. The molecule has 46 heavy (non-hydrogen) atoms. The number of amides is 3. The van der Waals surface area contributed by atoms with E-state index >= 15 is 0 Å². The third-order valence-electron chi connectivity index (χ3n) is 8.29. The minimum atomic E-state index is -0.358. The van der Waals surface area contributed by atoms with E-state index in [1.807, 2.05) is 48.5 Å². The Morgan fingerprint density at radius 3 is 1.89 bits per heavy atom. The van der Waals surface area contributed by atoms with E-state index in [1.165, 1.54) is 10.6 Å². The van der Waals surface area contributed by atoms with Crippen molar-refractivity contribution < 1.29 is 14.3 Å². The number of hydrogen-bond acceptors (Lipinski definition) is 8. The lowest BCUT2D eigenvalue weighted by Crippen LogP contribution is -2.44. The lowest BCUT2D eigenvalue weighted by molar-refractivity contribution is 0.0576. The van der Waals surface area contributed by atoms with Crippen molar-refractivity contribution in [3.63, 3.8) is 0 Å². The van der Waals surface area contributed by atoms with Gasteiger partial charge in [-0.25, -0.2) is 4.79 Å². The van der Waals surface area contributed by atoms with Gasteiger partial charge in [-0.05, 0) is 97.9 Å². The number of allylic oxidation sites excluding steroid dienone is 2. The first-order valence-electron chi connectivity index (χ1n) is 15.8. The monoisotopic (exact) mass is 639 g/mol. The van der Waals surface area contributed by atoms with Crippen LogP contribution in [0.25, 0.3) is 0 Å². The smallest absolute Gasteiger partial charge is 0.323 e. The molecule has 0 bridgehead atoms. The summed E-state index contributed by atoms with van der Waals surface area (Å²) in [5.41, 5.74) is 5.97. The average Bonchev–Trinajstić information content (AvgIpc) is 3.10. The molecule has 0 spiro atoms. The van der Waals surface area contributed by atoms with Crippen LogP contribution >= 0.6 is 11.9 Å². The second-order valence-corrected chi connectivity index (χ2v) is 12.5. The second-order valence-electron chi connectivity index (χ2n) is 11.6. The van der Waals surface area contributed by atoms with E-state index in [2.05, 4.69) is 61.2 Å². The van der Waals surface area contributed by atoms with Crippen molar-refractivity contribution in [3.8, 4) is 0 Å². The predicted molar refractivity (Wildman–Crippen MR) is 189 cm³/mol. The van der Waals surface area contributed by atoms with Crippen LogP contribution in [0.15, 0.2) is 95.7 Å². The number of ether oxygens (including phenoxy) is 1. The molecule has 0 atom stereocenters. The lowest BCUT2D eigenvalue weighted by atomic mass is 10.2. The molecule has 6 rings (SSSR count). The summed E-state index contributed by atoms with van der Waals surface area (Å²) in [6.45, 7) is 9.53. The van der Waals surface area contributed by atoms with Crippen LogP contribution in [-0.4, -0.2) is 81.3 Å². The number of rotatable bonds is 8. The van der Waals surface area contributed by atoms with Gasteiger partial charge in [0.2, 0.25) is 0 Å². The maximum absolute atomic E-state index is 12.8. The molecular formula is C35H41N7O3S. The van der Waals surface area contributed by atoms with Crippen molar-refractivity contribution in [1.82, 2.24) is 9.80 Å². The number of nitrogens with one attached hydrogen (secondary N) is 3. The van der Waals surface area contributed by atoms with Gasteiger partial charge in [0.05, 0.1) is 23.9 Å². The van der Waals surface area contributed by atoms with Crippen LogP contribution in [-0.2, 0) is 4.74 Å². The minimum absolute atomic E-state index is 0.205. The normalized spacial score (nSPS) is 17.2. The summed E-state index contributed by atoms with van der Waals surface area (Å²) < 4.78 is 7.70. The Labute approximate surface area is 275 Å². The fraction of sp³-hybridized carbons (Fsp3) is 0.314. The third-order valence-corrected chi connectivity index (χ3v) is 9.37. The summed E-state index contributed by atoms with van der Waals surface area (Å²) in [6.07, 6.45) is 5.37. The lowest BCUT2D eigenvalue weighted by Gasteiger charge is -2.35. The van der Waals surface area contributed by atoms with Gasteiger partial charge in [0.25, 0.3) is 5.91 Å². The zero-order valence-corrected chi connectivity index (χ0v) is 27.2. The number of urea groups is 1. The highest BCUT2D eigenvalue weighted by molar-refractivity contribution is 8.04. The van der Waals surface area contributed by atoms with E-state index in [9.17, 15) is 9.59 Å². The summed E-state index contributed by atoms with van der Waals surface area (Å²) in [5, 5.41) is 9.92. The van der Waals surface area contributed by atoms with Crippen molar-refractivity contribution in [3.05, 3.63) is 101 Å². The Bertz CT molecular complexity index is 1560. The van der Waals surface area contributed by atoms with E-state index in [0.717, 1.165) is 76.0 Å². The fourth-order valence-corrected chi connectivity index (χ4v) is 6.59. The summed E-state index contributed by atoms with van der Waals surface area (Å²) in [4.78, 5) is 32.6. The first kappa shape index (κ1) is 31.5. The minimum Gasteiger partial charge on any atom is -0.378 e. The molecule has 2 saturated heterocycles. The molecule has 2 fully saturated rings. The van der Waals surface area contributed by atoms with Crippen LogP contribution in [0.1, 0.15) is 23.7 Å². The van der Waals surface area contributed by atoms with Crippen molar-refractivity contribution in [1.29, 1.82) is 0 Å². The van der Waals surface area contributed by atoms with E-state index in [4.69, 9.17) is 4.74 Å². The fourth-order valence-electron chi connectivity index (χ4n) is 5.47. The van der Waals surface area contributed by atoms with E-state index < -0.39 is 0 Å². The molecule has 3 aliphatic heterocycles. The van der Waals surface area contributed by atoms with E-state index in [1.54, 1.807) is 36.2 Å². The molecule has 0 radical (unpaired) electrons. The molecule has 3 amide bonds. The zero-order valence-electron chi connectivity index (χ0n) is 26.4. The van der Waals surface area contributed by atoms with Gasteiger partial charge in [0, 0.05) is 85.7 Å². The van der Waals surface area contributed by atoms with Gasteiger partial charge in [-0.15, -0.1) is 0 Å². The molecule has 3 aliphatic rings. The molecule has 11 heteroatoms. The van der Waals surface area contributed by atoms with Crippen LogP contribution in [0.4, 0.5) is 33.2 Å². The van der Waals surface area contributed by atoms with Crippen LogP contribution in [0, 0.1) is 0 Å². The summed E-state index contributed by atoms with van der Waals surface area (Å²) in [6, 6.07) is 22.2. The summed E-state index contributed by atoms with van der Waals surface area (Å²) in [7, 11) is 2.14. The molecule has 0 aliphatic carbocycles. The number of anilines is 5. The molecule has 3 aromatic rings. The van der Waals surface area contributed by atoms with Crippen molar-refractivity contribution in [2.24, 2.45) is 0 Å². The molecule has 0 unspecified atom stereocenters. The number of benzene rings is 3. The molecule has 3 aromatic carbocycles. The first-order chi connectivity index (χ1) is 22.4. The third kappa shape index (κ3) is 8.03. The Hall–Kier alpha value is -4.45. The average molecular weight is 640 g/mol. The van der Waals surface area contributed by atoms with Crippen LogP contribution < -0.4 is 25.2 Å². The SMILES string of the molecule is CCC1=CN(c2ccc(NC(=O)Nc3ccc(C(=O)Nc4ccc(N5CCN(C)CC5)cc4)cc3)cc2)SC(N2CCOCC2)=C1. The van der Waals surface area contributed by atoms with Gasteiger partial charge in [-0.2, -0.15) is 0 Å². The molecule has 0 aromatic heterocycles. The Morgan fingerprint density at radius 2 is 1.28 bits per heavy atom. The van der Waals surface area contributed by atoms with Gasteiger partial charge in [-0.1, -0.05) is 6.92 Å². The number of piperazine rings is 1. The Balaban J connectivity index is 0.989. The van der Waals surface area contributed by atoms with Crippen LogP contribution in [0.5, 0.6) is 0 Å². The predicted octanol–water partition coefficient (Wildman–Crippen LogP) is 6.27. The van der Waals surface area contributed by atoms with Gasteiger partial charge in [0.1, 0.15) is 0 Å². The molecule has 3 heterocycles. The number of nitrogens with zero attached hydrogens (tertiary/aromatic N) is 4. The van der Waals surface area contributed by atoms with Gasteiger partial charge < -0.3 is 35.4 Å². The summed E-state index contributed by atoms with van der Waals surface area (Å²) >= 11 is 1.70. The van der Waals surface area contributed by atoms with Crippen LogP contribution in [0.2, 0.25) is 0 Å². The molecule has 240 valence electrons. The zero-order chi connectivity index (χ0) is 31.9. The molecule has 10 nitrogen and oxygen atoms in total. The van der Waals surface area contributed by atoms with Gasteiger partial charge in [0.15, 0.2) is 0 Å². The second kappa shape index (κ2) is 14.8. The molecule has 0 saturated carbocycles. The highest BCUT2D eigenvalue weighted by atomic mass is 32.2. The number of carbonyl (C=O) groups is 2. The number of morpholine rings is 1. The standard InChI is InChI=1S/C35H41N7O3S/c1-3-26-24-33(41-20-22-45-23-21-41)46-42(25-26)32-14-10-30(11-15-32)38-35(44)37-29-6-4-27(5-7-29)34(43)36-28-8-12-31(13-9-28)40-18-16-39(2)17-19-40/h4-15,24-25H,3,16-23H2,1-2H3,(H,36,43)(H2,37,38,44). The topological polar surface area (TPSA) is 92.4 Å². The van der Waals surface area contributed by atoms with E-state index in [0.29, 0.717) is 16.9 Å². The highest BCUT2D eigenvalue weighted by Gasteiger charge is 2.21. The van der Waals surface area contributed by atoms with E-state index in [-0.39, 0.29) is 11.9 Å². The first-order valence-corrected chi connectivity index (χ1v) is 16.6. The largest absolute Gasteiger partial charge is 0.378 e. The quantitative estimate of drug-likeness (QED) is 0.249. The van der Waals surface area contributed by atoms with Gasteiger partial charge in [-0.3, -0.25) is 9.10 Å². The molecule has 3 N–H and O–H groups in total. The van der Waals surface area contributed by atoms with Crippen molar-refractivity contribution in [2.75, 3.05) is 84.7 Å². The maximum atomic E-state index is 12.8. The van der Waals surface area contributed by atoms with Gasteiger partial charge >= 0.3 is 6.03 Å². The maximum Gasteiger partial charge on any atom is 0.323 e. The highest BCUT2D eigenvalue weighted by Crippen LogP contribution is 2.37. The molecular weight excluding hydrogens is 598 g/mol. The Kier molecular flexibility index (Phi) is 10.1. The number of hydrogen-bond donors (Lipinski definition) is 3. The van der Waals surface area contributed by atoms with Crippen LogP contribution in [0.3, 0.4) is 0 Å². The summed E-state index contributed by atoms with van der Waals surface area (Å²) in [5.74, 6) is -0.205. The Morgan fingerprint density at radius 1 is 0.717 bits per heavy atom. The number of likely N-dealkylation sites (N-methyl/N-ethyl adjacent to an activating group) is 1.